The largest absolute Gasteiger partial charge is 0.497 e. The van der Waals surface area contributed by atoms with Crippen LogP contribution in [0.1, 0.15) is 5.56 Å². The number of alkyl halides is 1. The van der Waals surface area contributed by atoms with Crippen LogP contribution in [0, 0.1) is 18.0 Å². The summed E-state index contributed by atoms with van der Waals surface area (Å²) in [6, 6.07) is 6.22. The molecule has 2 atom stereocenters. The number of allylic oxidation sites excluding steroid dienone is 3. The summed E-state index contributed by atoms with van der Waals surface area (Å²) >= 11 is 6.17. The SMILES string of the molecule is COC1=CC(C(Cl)S(=O)(=O)c2ccc(C)cc2)C(=[N+]([O-])O)C=C1. The third-order valence-electron chi connectivity index (χ3n) is 3.49. The molecule has 0 spiro atoms. The maximum atomic E-state index is 12.7. The number of methoxy groups -OCH3 is 1. The van der Waals surface area contributed by atoms with E-state index < -0.39 is 20.5 Å². The number of hydrogen-bond acceptors (Lipinski definition) is 5. The first-order valence-corrected chi connectivity index (χ1v) is 8.67. The van der Waals surface area contributed by atoms with Crippen LogP contribution < -0.4 is 0 Å². The second-order valence-corrected chi connectivity index (χ2v) is 7.84. The highest BCUT2D eigenvalue weighted by atomic mass is 35.5. The molecular formula is C15H16ClNO5S. The van der Waals surface area contributed by atoms with Gasteiger partial charge in [0.05, 0.1) is 12.0 Å². The van der Waals surface area contributed by atoms with Gasteiger partial charge in [0.2, 0.25) is 0 Å². The van der Waals surface area contributed by atoms with Gasteiger partial charge in [-0.15, -0.1) is 11.6 Å². The van der Waals surface area contributed by atoms with Crippen LogP contribution >= 0.6 is 11.6 Å². The standard InChI is InChI=1S/C15H16ClNO5S/c1-10-3-6-12(7-4-10)23(20,21)15(16)13-9-11(22-2)5-8-14(13)17(18)19/h3-9,13,15H,1-2H3,(H,18,19). The van der Waals surface area contributed by atoms with Crippen LogP contribution in [0.25, 0.3) is 0 Å². The molecule has 0 heterocycles. The number of aryl methyl sites for hydroxylation is 1. The van der Waals surface area contributed by atoms with Crippen LogP contribution in [-0.2, 0) is 14.6 Å². The molecule has 1 aliphatic rings. The monoisotopic (exact) mass is 357 g/mol. The summed E-state index contributed by atoms with van der Waals surface area (Å²) in [5, 5.41) is 20.5. The van der Waals surface area contributed by atoms with Gasteiger partial charge in [-0.3, -0.25) is 5.21 Å². The van der Waals surface area contributed by atoms with E-state index in [-0.39, 0.29) is 15.5 Å². The van der Waals surface area contributed by atoms with Gasteiger partial charge >= 0.3 is 0 Å². The minimum atomic E-state index is -3.92. The zero-order valence-electron chi connectivity index (χ0n) is 12.5. The Morgan fingerprint density at radius 2 is 1.91 bits per heavy atom. The van der Waals surface area contributed by atoms with Crippen LogP contribution in [-0.4, -0.2) is 36.1 Å². The number of hydrogen-bond donors (Lipinski definition) is 1. The fourth-order valence-corrected chi connectivity index (χ4v) is 4.07. The average Bonchev–Trinajstić information content (AvgIpc) is 2.53. The highest BCUT2D eigenvalue weighted by Gasteiger charge is 2.40. The maximum absolute atomic E-state index is 12.7. The summed E-state index contributed by atoms with van der Waals surface area (Å²) in [5.41, 5.74) is 0.729. The van der Waals surface area contributed by atoms with E-state index in [1.54, 1.807) is 12.1 Å². The van der Waals surface area contributed by atoms with Crippen LogP contribution in [0.4, 0.5) is 0 Å². The molecule has 0 radical (unpaired) electrons. The molecule has 0 aliphatic heterocycles. The van der Waals surface area contributed by atoms with E-state index in [4.69, 9.17) is 16.3 Å². The van der Waals surface area contributed by atoms with E-state index >= 15 is 0 Å². The molecule has 1 aliphatic carbocycles. The van der Waals surface area contributed by atoms with E-state index in [2.05, 4.69) is 0 Å². The molecule has 1 aromatic carbocycles. The van der Waals surface area contributed by atoms with E-state index in [1.807, 2.05) is 6.92 Å². The topological polar surface area (TPSA) is 89.7 Å². The molecule has 0 saturated carbocycles. The van der Waals surface area contributed by atoms with Gasteiger partial charge in [0.1, 0.15) is 11.7 Å². The van der Waals surface area contributed by atoms with Gasteiger partial charge in [-0.05, 0) is 31.2 Å². The third-order valence-corrected chi connectivity index (χ3v) is 6.28. The van der Waals surface area contributed by atoms with E-state index in [0.29, 0.717) is 5.76 Å². The molecule has 0 bridgehead atoms. The molecule has 23 heavy (non-hydrogen) atoms. The molecule has 0 saturated heterocycles. The molecule has 0 amide bonds. The van der Waals surface area contributed by atoms with Crippen molar-refractivity contribution in [3.05, 3.63) is 59.0 Å². The summed E-state index contributed by atoms with van der Waals surface area (Å²) in [7, 11) is -2.51. The summed E-state index contributed by atoms with van der Waals surface area (Å²) in [4.78, 5) is -0.343. The van der Waals surface area contributed by atoms with E-state index in [1.165, 1.54) is 37.5 Å². The molecule has 2 unspecified atom stereocenters. The fourth-order valence-electron chi connectivity index (χ4n) is 2.18. The Labute approximate surface area is 139 Å². The molecule has 8 heteroatoms. The number of sulfone groups is 1. The van der Waals surface area contributed by atoms with Crippen LogP contribution in [0.5, 0.6) is 0 Å². The summed E-state index contributed by atoms with van der Waals surface area (Å²) in [6.07, 6.45) is 4.10. The number of benzene rings is 1. The molecule has 0 fully saturated rings. The van der Waals surface area contributed by atoms with Gasteiger partial charge in [-0.2, -0.15) is 0 Å². The lowest BCUT2D eigenvalue weighted by atomic mass is 9.99. The Balaban J connectivity index is 2.46. The third kappa shape index (κ3) is 3.51. The van der Waals surface area contributed by atoms with Crippen LogP contribution in [0.3, 0.4) is 0 Å². The van der Waals surface area contributed by atoms with Crippen molar-refractivity contribution in [3.8, 4) is 0 Å². The van der Waals surface area contributed by atoms with Crippen LogP contribution in [0.2, 0.25) is 0 Å². The number of halogens is 1. The molecule has 1 N–H and O–H groups in total. The van der Waals surface area contributed by atoms with Crippen molar-refractivity contribution in [2.45, 2.75) is 16.5 Å². The molecule has 2 rings (SSSR count). The van der Waals surface area contributed by atoms with Crippen molar-refractivity contribution in [2.24, 2.45) is 5.92 Å². The number of nitrogens with zero attached hydrogens (tertiary/aromatic N) is 1. The normalized spacial score (nSPS) is 21.5. The molecule has 6 nitrogen and oxygen atoms in total. The fraction of sp³-hybridized carbons (Fsp3) is 0.267. The predicted octanol–water partition coefficient (Wildman–Crippen LogP) is 2.39. The Kier molecular flexibility index (Phi) is 5.01. The van der Waals surface area contributed by atoms with Gasteiger partial charge in [0, 0.05) is 11.0 Å². The predicted molar refractivity (Wildman–Crippen MR) is 86.1 cm³/mol. The quantitative estimate of drug-likeness (QED) is 0.387. The summed E-state index contributed by atoms with van der Waals surface area (Å²) < 4.78 is 28.9. The van der Waals surface area contributed by atoms with Crippen molar-refractivity contribution in [1.82, 2.24) is 0 Å². The summed E-state index contributed by atoms with van der Waals surface area (Å²) in [6.45, 7) is 1.83. The second kappa shape index (κ2) is 6.64. The lowest BCUT2D eigenvalue weighted by molar-refractivity contribution is -0.726. The first kappa shape index (κ1) is 17.4. The van der Waals surface area contributed by atoms with Crippen molar-refractivity contribution in [1.29, 1.82) is 0 Å². The summed E-state index contributed by atoms with van der Waals surface area (Å²) in [5.74, 6) is -0.698. The van der Waals surface area contributed by atoms with Gasteiger partial charge in [-0.1, -0.05) is 17.7 Å². The van der Waals surface area contributed by atoms with Gasteiger partial charge in [-0.25, -0.2) is 8.42 Å². The molecular weight excluding hydrogens is 342 g/mol. The smallest absolute Gasteiger partial charge is 0.254 e. The number of ether oxygens (including phenoxy) is 1. The lowest BCUT2D eigenvalue weighted by Gasteiger charge is -2.20. The highest BCUT2D eigenvalue weighted by Crippen LogP contribution is 2.30. The van der Waals surface area contributed by atoms with E-state index in [9.17, 15) is 18.8 Å². The molecule has 124 valence electrons. The zero-order chi connectivity index (χ0) is 17.2. The number of rotatable bonds is 4. The van der Waals surface area contributed by atoms with Crippen molar-refractivity contribution in [3.63, 3.8) is 0 Å². The van der Waals surface area contributed by atoms with Crippen molar-refractivity contribution in [2.75, 3.05) is 7.11 Å². The van der Waals surface area contributed by atoms with Gasteiger partial charge in [0.15, 0.2) is 14.5 Å². The lowest BCUT2D eigenvalue weighted by Crippen LogP contribution is -2.34. The minimum absolute atomic E-state index is 0.0414. The van der Waals surface area contributed by atoms with Crippen molar-refractivity contribution < 1.29 is 23.3 Å². The Morgan fingerprint density at radius 3 is 2.43 bits per heavy atom. The zero-order valence-corrected chi connectivity index (χ0v) is 14.1. The highest BCUT2D eigenvalue weighted by molar-refractivity contribution is 7.93. The first-order valence-electron chi connectivity index (χ1n) is 6.69. The van der Waals surface area contributed by atoms with Crippen molar-refractivity contribution >= 4 is 27.1 Å². The maximum Gasteiger partial charge on any atom is 0.254 e. The minimum Gasteiger partial charge on any atom is -0.497 e. The molecule has 0 aromatic heterocycles. The second-order valence-electron chi connectivity index (χ2n) is 5.04. The Hall–Kier alpha value is -1.99. The Morgan fingerprint density at radius 1 is 1.30 bits per heavy atom. The first-order chi connectivity index (χ1) is 10.8. The van der Waals surface area contributed by atoms with Gasteiger partial charge in [0.25, 0.3) is 5.71 Å². The molecule has 1 aromatic rings. The van der Waals surface area contributed by atoms with E-state index in [0.717, 1.165) is 5.56 Å². The van der Waals surface area contributed by atoms with Gasteiger partial charge < -0.3 is 9.94 Å². The van der Waals surface area contributed by atoms with Crippen LogP contribution in [0.15, 0.2) is 53.1 Å². The Bertz CT molecular complexity index is 777. The average molecular weight is 358 g/mol.